The third-order valence-electron chi connectivity index (χ3n) is 8.31. The molecule has 0 aromatic heterocycles. The first-order chi connectivity index (χ1) is 14.6. The Morgan fingerprint density at radius 3 is 2.19 bits per heavy atom. The molecule has 4 bridgehead atoms. The lowest BCUT2D eigenvalue weighted by Gasteiger charge is -2.59. The second-order valence-corrected chi connectivity index (χ2v) is 12.5. The van der Waals surface area contributed by atoms with E-state index in [0.717, 1.165) is 32.1 Å². The number of likely N-dealkylation sites (N-methyl/N-ethyl adjacent to an activating group) is 1. The van der Waals surface area contributed by atoms with Crippen LogP contribution in [0, 0.1) is 23.2 Å². The Bertz CT molecular complexity index is 1020. The zero-order valence-corrected chi connectivity index (χ0v) is 19.1. The molecule has 1 aromatic rings. The van der Waals surface area contributed by atoms with Crippen LogP contribution < -0.4 is 11.1 Å². The van der Waals surface area contributed by atoms with Crippen LogP contribution in [0.4, 0.5) is 0 Å². The van der Waals surface area contributed by atoms with Gasteiger partial charge in [0.2, 0.25) is 21.8 Å². The number of amides is 2. The highest BCUT2D eigenvalue weighted by atomic mass is 35.5. The Hall–Kier alpha value is -1.64. The maximum Gasteiger partial charge on any atom is 0.243 e. The van der Waals surface area contributed by atoms with Gasteiger partial charge in [-0.15, -0.1) is 0 Å². The molecular formula is C22H28ClN3O4S. The molecule has 0 aliphatic heterocycles. The van der Waals surface area contributed by atoms with Crippen molar-refractivity contribution in [2.75, 3.05) is 7.05 Å². The number of sulfonamides is 1. The van der Waals surface area contributed by atoms with Gasteiger partial charge in [0.1, 0.15) is 5.54 Å². The molecule has 5 aliphatic carbocycles. The van der Waals surface area contributed by atoms with E-state index in [-0.39, 0.29) is 34.6 Å². The fraction of sp³-hybridized carbons (Fsp3) is 0.636. The van der Waals surface area contributed by atoms with E-state index in [9.17, 15) is 18.0 Å². The molecule has 3 N–H and O–H groups in total. The molecule has 2 amide bonds. The topological polar surface area (TPSA) is 110 Å². The zero-order chi connectivity index (χ0) is 22.2. The van der Waals surface area contributed by atoms with Crippen molar-refractivity contribution in [1.82, 2.24) is 9.62 Å². The van der Waals surface area contributed by atoms with Crippen molar-refractivity contribution in [3.05, 3.63) is 29.3 Å². The van der Waals surface area contributed by atoms with Crippen molar-refractivity contribution in [2.45, 2.75) is 61.4 Å². The molecule has 1 aromatic carbocycles. The molecule has 0 heterocycles. The van der Waals surface area contributed by atoms with Crippen LogP contribution in [0.15, 0.2) is 29.2 Å². The number of carbonyl (C=O) groups excluding carboxylic acids is 2. The number of halogens is 1. The fourth-order valence-corrected chi connectivity index (χ4v) is 8.29. The first-order valence-electron chi connectivity index (χ1n) is 10.9. The van der Waals surface area contributed by atoms with Gasteiger partial charge in [-0.2, -0.15) is 4.31 Å². The van der Waals surface area contributed by atoms with Crippen molar-refractivity contribution in [1.29, 1.82) is 0 Å². The van der Waals surface area contributed by atoms with Crippen LogP contribution in [-0.4, -0.2) is 43.2 Å². The minimum Gasteiger partial charge on any atom is -0.369 e. The molecule has 5 aliphatic rings. The summed E-state index contributed by atoms with van der Waals surface area (Å²) in [6.07, 6.45) is 5.33. The van der Waals surface area contributed by atoms with Gasteiger partial charge in [-0.1, -0.05) is 11.6 Å². The summed E-state index contributed by atoms with van der Waals surface area (Å²) >= 11 is 5.89. The second-order valence-electron chi connectivity index (χ2n) is 10.1. The number of primary amides is 1. The lowest BCUT2D eigenvalue weighted by atomic mass is 9.47. The van der Waals surface area contributed by atoms with Gasteiger partial charge in [0.05, 0.1) is 4.90 Å². The molecule has 5 saturated carbocycles. The van der Waals surface area contributed by atoms with Crippen LogP contribution in [0.2, 0.25) is 5.02 Å². The number of carbonyl (C=O) groups is 2. The van der Waals surface area contributed by atoms with E-state index in [1.807, 2.05) is 0 Å². The summed E-state index contributed by atoms with van der Waals surface area (Å²) in [6.45, 7) is 0. The van der Waals surface area contributed by atoms with Gasteiger partial charge in [-0.05, 0) is 87.0 Å². The van der Waals surface area contributed by atoms with E-state index in [1.54, 1.807) is 0 Å². The normalized spacial score (nSPS) is 35.2. The predicted molar refractivity (Wildman–Crippen MR) is 115 cm³/mol. The molecule has 0 saturated heterocycles. The highest BCUT2D eigenvalue weighted by Gasteiger charge is 2.61. The van der Waals surface area contributed by atoms with Gasteiger partial charge in [0.15, 0.2) is 0 Å². The van der Waals surface area contributed by atoms with Gasteiger partial charge >= 0.3 is 0 Å². The molecular weight excluding hydrogens is 438 g/mol. The van der Waals surface area contributed by atoms with Gasteiger partial charge in [-0.3, -0.25) is 9.59 Å². The standard InChI is InChI=1S/C22H28ClN3O4S/c1-26(31(29,30)17-4-2-16(23)3-5-17)22(6-7-22)20(28)25-18-14-8-13-9-15(18)12-21(10-13,11-14)19(24)27/h2-5,13-15,18H,6-12H2,1H3,(H2,24,27)(H,25,28). The maximum absolute atomic E-state index is 13.4. The monoisotopic (exact) mass is 465 g/mol. The summed E-state index contributed by atoms with van der Waals surface area (Å²) in [7, 11) is -2.34. The summed E-state index contributed by atoms with van der Waals surface area (Å²) < 4.78 is 27.5. The largest absolute Gasteiger partial charge is 0.369 e. The number of rotatable bonds is 6. The van der Waals surface area contributed by atoms with E-state index < -0.39 is 21.0 Å². The average molecular weight is 466 g/mol. The highest BCUT2D eigenvalue weighted by Crippen LogP contribution is 2.60. The summed E-state index contributed by atoms with van der Waals surface area (Å²) in [5.41, 5.74) is 4.30. The summed E-state index contributed by atoms with van der Waals surface area (Å²) in [5, 5.41) is 3.67. The Balaban J connectivity index is 1.34. The highest BCUT2D eigenvalue weighted by molar-refractivity contribution is 7.89. The zero-order valence-electron chi connectivity index (χ0n) is 17.5. The number of hydrogen-bond donors (Lipinski definition) is 2. The summed E-state index contributed by atoms with van der Waals surface area (Å²) in [6, 6.07) is 5.98. The minimum absolute atomic E-state index is 0.0133. The molecule has 6 rings (SSSR count). The van der Waals surface area contributed by atoms with Crippen LogP contribution >= 0.6 is 11.6 Å². The van der Waals surface area contributed by atoms with Gasteiger partial charge in [0, 0.05) is 23.5 Å². The molecule has 168 valence electrons. The molecule has 7 nitrogen and oxygen atoms in total. The Morgan fingerprint density at radius 2 is 1.68 bits per heavy atom. The second kappa shape index (κ2) is 6.93. The first kappa shape index (κ1) is 21.2. The third-order valence-corrected chi connectivity index (χ3v) is 10.5. The quantitative estimate of drug-likeness (QED) is 0.671. The Labute approximate surface area is 187 Å². The maximum atomic E-state index is 13.4. The predicted octanol–water partition coefficient (Wildman–Crippen LogP) is 2.29. The molecule has 9 heteroatoms. The Morgan fingerprint density at radius 1 is 1.10 bits per heavy atom. The van der Waals surface area contributed by atoms with Crippen molar-refractivity contribution in [3.8, 4) is 0 Å². The van der Waals surface area contributed by atoms with Crippen LogP contribution in [0.5, 0.6) is 0 Å². The number of nitrogens with one attached hydrogen (secondary N) is 1. The van der Waals surface area contributed by atoms with E-state index in [4.69, 9.17) is 17.3 Å². The van der Waals surface area contributed by atoms with Crippen molar-refractivity contribution < 1.29 is 18.0 Å². The average Bonchev–Trinajstić information content (AvgIpc) is 3.51. The summed E-state index contributed by atoms with van der Waals surface area (Å²) in [5.74, 6) is 0.539. The fourth-order valence-electron chi connectivity index (χ4n) is 6.65. The molecule has 31 heavy (non-hydrogen) atoms. The van der Waals surface area contributed by atoms with Gasteiger partial charge in [-0.25, -0.2) is 8.42 Å². The lowest BCUT2D eigenvalue weighted by molar-refractivity contribution is -0.148. The lowest BCUT2D eigenvalue weighted by Crippen LogP contribution is -2.64. The third kappa shape index (κ3) is 3.21. The van der Waals surface area contributed by atoms with E-state index in [1.165, 1.54) is 35.6 Å². The van der Waals surface area contributed by atoms with Crippen molar-refractivity contribution in [3.63, 3.8) is 0 Å². The van der Waals surface area contributed by atoms with Gasteiger partial charge in [0.25, 0.3) is 0 Å². The van der Waals surface area contributed by atoms with Crippen molar-refractivity contribution in [2.24, 2.45) is 28.9 Å². The van der Waals surface area contributed by atoms with E-state index in [0.29, 0.717) is 23.8 Å². The smallest absolute Gasteiger partial charge is 0.243 e. The Kier molecular flexibility index (Phi) is 4.74. The van der Waals surface area contributed by atoms with Gasteiger partial charge < -0.3 is 11.1 Å². The molecule has 2 unspecified atom stereocenters. The minimum atomic E-state index is -3.83. The molecule has 0 spiro atoms. The molecule has 5 fully saturated rings. The number of nitrogens with two attached hydrogens (primary N) is 1. The SMILES string of the molecule is CN(C1(C(=O)NC2C3CC4CC2CC(C(N)=O)(C4)C3)CC1)S(=O)(=O)c1ccc(Cl)cc1. The van der Waals surface area contributed by atoms with Crippen LogP contribution in [-0.2, 0) is 19.6 Å². The van der Waals surface area contributed by atoms with Crippen LogP contribution in [0.3, 0.4) is 0 Å². The van der Waals surface area contributed by atoms with E-state index >= 15 is 0 Å². The van der Waals surface area contributed by atoms with E-state index in [2.05, 4.69) is 5.32 Å². The first-order valence-corrected chi connectivity index (χ1v) is 12.7. The number of hydrogen-bond acceptors (Lipinski definition) is 4. The van der Waals surface area contributed by atoms with Crippen LogP contribution in [0.25, 0.3) is 0 Å². The number of benzene rings is 1. The van der Waals surface area contributed by atoms with Crippen LogP contribution in [0.1, 0.15) is 44.9 Å². The van der Waals surface area contributed by atoms with Crippen molar-refractivity contribution >= 4 is 33.4 Å². The number of nitrogens with zero attached hydrogens (tertiary/aromatic N) is 1. The molecule has 0 radical (unpaired) electrons. The summed E-state index contributed by atoms with van der Waals surface area (Å²) in [4.78, 5) is 25.7. The molecule has 2 atom stereocenters.